The molecule has 0 amide bonds. The van der Waals surface area contributed by atoms with Crippen molar-refractivity contribution in [3.63, 3.8) is 0 Å². The smallest absolute Gasteiger partial charge is 0.128 e. The molecule has 17 heavy (non-hydrogen) atoms. The predicted octanol–water partition coefficient (Wildman–Crippen LogP) is 0.673. The molecular weight excluding hydrogens is 220 g/mol. The summed E-state index contributed by atoms with van der Waals surface area (Å²) >= 11 is 0. The lowest BCUT2D eigenvalue weighted by Gasteiger charge is -2.23. The number of aromatic nitrogens is 1. The summed E-state index contributed by atoms with van der Waals surface area (Å²) in [7, 11) is 3.35. The molecule has 0 bridgehead atoms. The zero-order chi connectivity index (χ0) is 12.5. The Kier molecular flexibility index (Phi) is 6.54. The fourth-order valence-electron chi connectivity index (χ4n) is 1.48. The van der Waals surface area contributed by atoms with Crippen LogP contribution in [0.4, 0.5) is 5.82 Å². The zero-order valence-corrected chi connectivity index (χ0v) is 10.4. The maximum Gasteiger partial charge on any atom is 0.128 e. The standard InChI is InChI=1S/C12H20N2O3/c1-16-7-5-14(6-8-17-2)12-9-11(10-15)3-4-13-12/h3-4,9,15H,5-8,10H2,1-2H3. The highest BCUT2D eigenvalue weighted by molar-refractivity contribution is 5.40. The quantitative estimate of drug-likeness (QED) is 0.724. The Labute approximate surface area is 102 Å². The van der Waals surface area contributed by atoms with Crippen molar-refractivity contribution in [3.05, 3.63) is 23.9 Å². The molecule has 1 N–H and O–H groups in total. The van der Waals surface area contributed by atoms with Gasteiger partial charge in [-0.25, -0.2) is 4.98 Å². The van der Waals surface area contributed by atoms with E-state index in [2.05, 4.69) is 9.88 Å². The maximum atomic E-state index is 9.10. The Morgan fingerprint density at radius 2 is 1.88 bits per heavy atom. The van der Waals surface area contributed by atoms with Crippen LogP contribution in [0.15, 0.2) is 18.3 Å². The Morgan fingerprint density at radius 1 is 1.24 bits per heavy atom. The van der Waals surface area contributed by atoms with Gasteiger partial charge in [-0.15, -0.1) is 0 Å². The van der Waals surface area contributed by atoms with E-state index in [1.807, 2.05) is 6.07 Å². The van der Waals surface area contributed by atoms with E-state index in [-0.39, 0.29) is 6.61 Å². The summed E-state index contributed by atoms with van der Waals surface area (Å²) in [5.74, 6) is 0.839. The molecule has 0 aliphatic heterocycles. The van der Waals surface area contributed by atoms with Gasteiger partial charge in [-0.2, -0.15) is 0 Å². The molecular formula is C12H20N2O3. The third kappa shape index (κ3) is 4.68. The van der Waals surface area contributed by atoms with Crippen LogP contribution in [0.5, 0.6) is 0 Å². The first-order valence-corrected chi connectivity index (χ1v) is 5.60. The lowest BCUT2D eigenvalue weighted by Crippen LogP contribution is -2.31. The van der Waals surface area contributed by atoms with Crippen molar-refractivity contribution in [2.24, 2.45) is 0 Å². The first kappa shape index (κ1) is 13.9. The van der Waals surface area contributed by atoms with Gasteiger partial charge in [0.15, 0.2) is 0 Å². The number of anilines is 1. The van der Waals surface area contributed by atoms with Crippen LogP contribution in [0.3, 0.4) is 0 Å². The van der Waals surface area contributed by atoms with E-state index >= 15 is 0 Å². The molecule has 1 aromatic rings. The molecule has 1 rings (SSSR count). The van der Waals surface area contributed by atoms with Crippen LogP contribution in [0.2, 0.25) is 0 Å². The monoisotopic (exact) mass is 240 g/mol. The van der Waals surface area contributed by atoms with Crippen molar-refractivity contribution in [2.75, 3.05) is 45.4 Å². The first-order chi connectivity index (χ1) is 8.31. The third-order valence-electron chi connectivity index (χ3n) is 2.45. The van der Waals surface area contributed by atoms with E-state index in [9.17, 15) is 0 Å². The SMILES string of the molecule is COCCN(CCOC)c1cc(CO)ccn1. The first-order valence-electron chi connectivity index (χ1n) is 5.60. The Bertz CT molecular complexity index is 312. The van der Waals surface area contributed by atoms with Gasteiger partial charge in [0.25, 0.3) is 0 Å². The van der Waals surface area contributed by atoms with Gasteiger partial charge in [0.1, 0.15) is 5.82 Å². The van der Waals surface area contributed by atoms with E-state index in [0.717, 1.165) is 24.5 Å². The van der Waals surface area contributed by atoms with Gasteiger partial charge >= 0.3 is 0 Å². The summed E-state index contributed by atoms with van der Waals surface area (Å²) in [4.78, 5) is 6.37. The molecule has 0 aromatic carbocycles. The van der Waals surface area contributed by atoms with Gasteiger partial charge < -0.3 is 19.5 Å². The molecule has 0 saturated carbocycles. The molecule has 0 aliphatic carbocycles. The van der Waals surface area contributed by atoms with Gasteiger partial charge in [0, 0.05) is 33.5 Å². The fourth-order valence-corrected chi connectivity index (χ4v) is 1.48. The fraction of sp³-hybridized carbons (Fsp3) is 0.583. The molecule has 0 saturated heterocycles. The van der Waals surface area contributed by atoms with Crippen LogP contribution in [0.1, 0.15) is 5.56 Å². The minimum atomic E-state index is 0.0257. The van der Waals surface area contributed by atoms with E-state index in [1.54, 1.807) is 26.5 Å². The molecule has 0 radical (unpaired) electrons. The van der Waals surface area contributed by atoms with Gasteiger partial charge in [-0.3, -0.25) is 0 Å². The Balaban J connectivity index is 2.71. The number of methoxy groups -OCH3 is 2. The largest absolute Gasteiger partial charge is 0.392 e. The molecule has 0 aliphatic rings. The van der Waals surface area contributed by atoms with Crippen molar-refractivity contribution in [1.29, 1.82) is 0 Å². The van der Waals surface area contributed by atoms with Gasteiger partial charge in [-0.1, -0.05) is 0 Å². The number of aliphatic hydroxyl groups is 1. The van der Waals surface area contributed by atoms with Crippen LogP contribution in [0.25, 0.3) is 0 Å². The second-order valence-electron chi connectivity index (χ2n) is 3.65. The minimum Gasteiger partial charge on any atom is -0.392 e. The topological polar surface area (TPSA) is 54.8 Å². The molecule has 0 atom stereocenters. The van der Waals surface area contributed by atoms with Crippen LogP contribution in [-0.4, -0.2) is 50.6 Å². The summed E-state index contributed by atoms with van der Waals surface area (Å²) < 4.78 is 10.1. The van der Waals surface area contributed by atoms with E-state index in [1.165, 1.54) is 0 Å². The second-order valence-corrected chi connectivity index (χ2v) is 3.65. The summed E-state index contributed by atoms with van der Waals surface area (Å²) in [6.45, 7) is 2.80. The lowest BCUT2D eigenvalue weighted by atomic mass is 10.2. The highest BCUT2D eigenvalue weighted by atomic mass is 16.5. The molecule has 0 spiro atoms. The molecule has 1 heterocycles. The Morgan fingerprint density at radius 3 is 2.41 bits per heavy atom. The summed E-state index contributed by atoms with van der Waals surface area (Å²) in [5, 5.41) is 9.10. The Hall–Kier alpha value is -1.17. The van der Waals surface area contributed by atoms with Crippen LogP contribution in [0, 0.1) is 0 Å². The number of hydrogen-bond acceptors (Lipinski definition) is 5. The van der Waals surface area contributed by atoms with E-state index < -0.39 is 0 Å². The third-order valence-corrected chi connectivity index (χ3v) is 2.45. The van der Waals surface area contributed by atoms with Gasteiger partial charge in [-0.05, 0) is 17.7 Å². The van der Waals surface area contributed by atoms with Crippen LogP contribution < -0.4 is 4.90 Å². The second kappa shape index (κ2) is 8.00. The van der Waals surface area contributed by atoms with Gasteiger partial charge in [0.05, 0.1) is 19.8 Å². The maximum absolute atomic E-state index is 9.10. The van der Waals surface area contributed by atoms with E-state index in [4.69, 9.17) is 14.6 Å². The molecule has 0 fully saturated rings. The lowest BCUT2D eigenvalue weighted by molar-refractivity contribution is 0.190. The van der Waals surface area contributed by atoms with Crippen molar-refractivity contribution in [2.45, 2.75) is 6.61 Å². The van der Waals surface area contributed by atoms with Crippen LogP contribution >= 0.6 is 0 Å². The zero-order valence-electron chi connectivity index (χ0n) is 10.4. The van der Waals surface area contributed by atoms with Crippen molar-refractivity contribution >= 4 is 5.82 Å². The molecule has 5 nitrogen and oxygen atoms in total. The highest BCUT2D eigenvalue weighted by Crippen LogP contribution is 2.12. The van der Waals surface area contributed by atoms with E-state index in [0.29, 0.717) is 13.2 Å². The van der Waals surface area contributed by atoms with Crippen LogP contribution in [-0.2, 0) is 16.1 Å². The number of rotatable bonds is 8. The number of pyridine rings is 1. The average molecular weight is 240 g/mol. The number of ether oxygens (including phenoxy) is 2. The molecule has 0 unspecified atom stereocenters. The van der Waals surface area contributed by atoms with Crippen molar-refractivity contribution in [3.8, 4) is 0 Å². The minimum absolute atomic E-state index is 0.0257. The summed E-state index contributed by atoms with van der Waals surface area (Å²) in [5.41, 5.74) is 0.856. The summed E-state index contributed by atoms with van der Waals surface area (Å²) in [6, 6.07) is 3.68. The average Bonchev–Trinajstić information content (AvgIpc) is 2.39. The van der Waals surface area contributed by atoms with Crippen molar-refractivity contribution < 1.29 is 14.6 Å². The molecule has 1 aromatic heterocycles. The van der Waals surface area contributed by atoms with Crippen molar-refractivity contribution in [1.82, 2.24) is 4.98 Å². The normalized spacial score (nSPS) is 10.5. The molecule has 96 valence electrons. The number of nitrogens with zero attached hydrogens (tertiary/aromatic N) is 2. The number of hydrogen-bond donors (Lipinski definition) is 1. The predicted molar refractivity (Wildman–Crippen MR) is 66.1 cm³/mol. The highest BCUT2D eigenvalue weighted by Gasteiger charge is 2.07. The summed E-state index contributed by atoms with van der Waals surface area (Å²) in [6.07, 6.45) is 1.70. The molecule has 5 heteroatoms. The number of aliphatic hydroxyl groups excluding tert-OH is 1. The van der Waals surface area contributed by atoms with Gasteiger partial charge in [0.2, 0.25) is 0 Å².